The number of ether oxygens (including phenoxy) is 1. The molecule has 26 heavy (non-hydrogen) atoms. The van der Waals surface area contributed by atoms with Crippen molar-refractivity contribution in [3.63, 3.8) is 0 Å². The molecule has 0 saturated heterocycles. The summed E-state index contributed by atoms with van der Waals surface area (Å²) in [6, 6.07) is 12.3. The molecular formula is C19H19N3O4. The standard InChI is InChI=1S/C19H19N3O4/c1-13(9-20-19(25)26-12-14-5-3-2-4-6-14)22-18-15(10-21-22)7-8-17(24)16(18)11-23/h2-8,10-11,13,24H,9,12H2,1H3,(H,20,25)/t13-/m0/s1. The Bertz CT molecular complexity index is 921. The van der Waals surface area contributed by atoms with Gasteiger partial charge in [0.15, 0.2) is 6.29 Å². The third kappa shape index (κ3) is 3.66. The van der Waals surface area contributed by atoms with E-state index in [1.54, 1.807) is 16.9 Å². The molecule has 2 N–H and O–H groups in total. The van der Waals surface area contributed by atoms with Gasteiger partial charge in [0.2, 0.25) is 0 Å². The van der Waals surface area contributed by atoms with Crippen molar-refractivity contribution >= 4 is 23.3 Å². The lowest BCUT2D eigenvalue weighted by Crippen LogP contribution is -2.30. The summed E-state index contributed by atoms with van der Waals surface area (Å²) in [6.07, 6.45) is 1.69. The molecule has 7 heteroatoms. The fourth-order valence-corrected chi connectivity index (χ4v) is 2.70. The van der Waals surface area contributed by atoms with Crippen molar-refractivity contribution in [2.75, 3.05) is 6.54 Å². The number of rotatable bonds is 6. The van der Waals surface area contributed by atoms with Gasteiger partial charge in [0, 0.05) is 11.9 Å². The van der Waals surface area contributed by atoms with Crippen molar-refractivity contribution in [3.8, 4) is 5.75 Å². The topological polar surface area (TPSA) is 93.4 Å². The maximum Gasteiger partial charge on any atom is 0.407 e. The zero-order valence-corrected chi connectivity index (χ0v) is 14.3. The van der Waals surface area contributed by atoms with Gasteiger partial charge in [-0.1, -0.05) is 30.3 Å². The smallest absolute Gasteiger partial charge is 0.407 e. The molecular weight excluding hydrogens is 334 g/mol. The summed E-state index contributed by atoms with van der Waals surface area (Å²) in [7, 11) is 0. The number of amides is 1. The minimum absolute atomic E-state index is 0.100. The molecule has 0 radical (unpaired) electrons. The third-order valence-corrected chi connectivity index (χ3v) is 4.07. The van der Waals surface area contributed by atoms with E-state index >= 15 is 0 Å². The molecule has 1 atom stereocenters. The Morgan fingerprint density at radius 3 is 2.81 bits per heavy atom. The molecule has 1 aromatic heterocycles. The highest BCUT2D eigenvalue weighted by molar-refractivity contribution is 5.98. The van der Waals surface area contributed by atoms with Crippen molar-refractivity contribution in [2.45, 2.75) is 19.6 Å². The fourth-order valence-electron chi connectivity index (χ4n) is 2.70. The molecule has 0 bridgehead atoms. The summed E-state index contributed by atoms with van der Waals surface area (Å²) in [6.45, 7) is 2.30. The minimum Gasteiger partial charge on any atom is -0.507 e. The third-order valence-electron chi connectivity index (χ3n) is 4.07. The number of nitrogens with one attached hydrogen (secondary N) is 1. The van der Waals surface area contributed by atoms with Gasteiger partial charge in [-0.2, -0.15) is 5.10 Å². The number of benzene rings is 2. The quantitative estimate of drug-likeness (QED) is 0.664. The number of nitrogens with zero attached hydrogens (tertiary/aromatic N) is 2. The van der Waals surface area contributed by atoms with Gasteiger partial charge >= 0.3 is 6.09 Å². The number of fused-ring (bicyclic) bond motifs is 1. The van der Waals surface area contributed by atoms with Gasteiger partial charge in [-0.15, -0.1) is 0 Å². The van der Waals surface area contributed by atoms with E-state index in [1.165, 1.54) is 6.07 Å². The normalized spacial score (nSPS) is 11.9. The van der Waals surface area contributed by atoms with E-state index in [9.17, 15) is 14.7 Å². The van der Waals surface area contributed by atoms with Gasteiger partial charge < -0.3 is 15.2 Å². The lowest BCUT2D eigenvalue weighted by Gasteiger charge is -2.15. The number of hydrogen-bond donors (Lipinski definition) is 2. The molecule has 0 saturated carbocycles. The number of aldehydes is 1. The van der Waals surface area contributed by atoms with Crippen LogP contribution in [0.4, 0.5) is 4.79 Å². The first kappa shape index (κ1) is 17.5. The van der Waals surface area contributed by atoms with Crippen LogP contribution in [0.15, 0.2) is 48.7 Å². The van der Waals surface area contributed by atoms with Gasteiger partial charge in [-0.25, -0.2) is 4.79 Å². The van der Waals surface area contributed by atoms with E-state index in [-0.39, 0.29) is 30.5 Å². The molecule has 0 aliphatic rings. The predicted octanol–water partition coefficient (Wildman–Crippen LogP) is 3.04. The highest BCUT2D eigenvalue weighted by Gasteiger charge is 2.16. The minimum atomic E-state index is -0.532. The number of carbonyl (C=O) groups excluding carboxylic acids is 2. The number of hydrogen-bond acceptors (Lipinski definition) is 5. The second kappa shape index (κ2) is 7.69. The molecule has 0 aliphatic heterocycles. The van der Waals surface area contributed by atoms with Crippen LogP contribution < -0.4 is 5.32 Å². The van der Waals surface area contributed by atoms with Crippen molar-refractivity contribution < 1.29 is 19.4 Å². The Labute approximate surface area is 150 Å². The van der Waals surface area contributed by atoms with E-state index in [0.717, 1.165) is 10.9 Å². The van der Waals surface area contributed by atoms with Crippen LogP contribution in [-0.2, 0) is 11.3 Å². The SMILES string of the molecule is C[C@@H](CNC(=O)OCc1ccccc1)n1ncc2ccc(O)c(C=O)c21. The van der Waals surface area contributed by atoms with Gasteiger partial charge in [-0.3, -0.25) is 9.48 Å². The number of aromatic nitrogens is 2. The van der Waals surface area contributed by atoms with Crippen molar-refractivity contribution in [1.29, 1.82) is 0 Å². The maximum absolute atomic E-state index is 11.9. The first-order chi connectivity index (χ1) is 12.6. The van der Waals surface area contributed by atoms with Crippen molar-refractivity contribution in [2.24, 2.45) is 0 Å². The van der Waals surface area contributed by atoms with Crippen LogP contribution in [0.5, 0.6) is 5.75 Å². The van der Waals surface area contributed by atoms with Crippen LogP contribution in [0.1, 0.15) is 28.9 Å². The van der Waals surface area contributed by atoms with Crippen LogP contribution in [0.3, 0.4) is 0 Å². The molecule has 0 unspecified atom stereocenters. The summed E-state index contributed by atoms with van der Waals surface area (Å²) in [5.74, 6) is -0.100. The summed E-state index contributed by atoms with van der Waals surface area (Å²) < 4.78 is 6.78. The van der Waals surface area contributed by atoms with Gasteiger partial charge in [0.1, 0.15) is 12.4 Å². The lowest BCUT2D eigenvalue weighted by molar-refractivity contribution is 0.112. The molecule has 1 amide bonds. The van der Waals surface area contributed by atoms with Gasteiger partial charge in [0.25, 0.3) is 0 Å². The van der Waals surface area contributed by atoms with Crippen molar-refractivity contribution in [1.82, 2.24) is 15.1 Å². The molecule has 7 nitrogen and oxygen atoms in total. The average molecular weight is 353 g/mol. The zero-order valence-electron chi connectivity index (χ0n) is 14.3. The number of alkyl carbamates (subject to hydrolysis) is 1. The van der Waals surface area contributed by atoms with E-state index in [2.05, 4.69) is 10.4 Å². The monoisotopic (exact) mass is 353 g/mol. The zero-order chi connectivity index (χ0) is 18.5. The molecule has 3 rings (SSSR count). The molecule has 0 spiro atoms. The van der Waals surface area contributed by atoms with Crippen molar-refractivity contribution in [3.05, 3.63) is 59.8 Å². The first-order valence-corrected chi connectivity index (χ1v) is 8.19. The van der Waals surface area contributed by atoms with Crippen LogP contribution in [0.25, 0.3) is 10.9 Å². The van der Waals surface area contributed by atoms with Crippen LogP contribution in [-0.4, -0.2) is 33.8 Å². The lowest BCUT2D eigenvalue weighted by atomic mass is 10.1. The number of phenolic OH excluding ortho intramolecular Hbond substituents is 1. The molecule has 0 fully saturated rings. The molecule has 134 valence electrons. The van der Waals surface area contributed by atoms with Gasteiger partial charge in [-0.05, 0) is 24.6 Å². The highest BCUT2D eigenvalue weighted by atomic mass is 16.5. The highest BCUT2D eigenvalue weighted by Crippen LogP contribution is 2.27. The Balaban J connectivity index is 1.64. The second-order valence-electron chi connectivity index (χ2n) is 5.93. The van der Waals surface area contributed by atoms with Gasteiger partial charge in [0.05, 0.1) is 23.3 Å². The Morgan fingerprint density at radius 1 is 1.31 bits per heavy atom. The Kier molecular flexibility index (Phi) is 5.17. The van der Waals surface area contributed by atoms with Crippen LogP contribution >= 0.6 is 0 Å². The largest absolute Gasteiger partial charge is 0.507 e. The maximum atomic E-state index is 11.9. The summed E-state index contributed by atoms with van der Waals surface area (Å²) in [5.41, 5.74) is 1.62. The number of carbonyl (C=O) groups is 2. The molecule has 2 aromatic carbocycles. The average Bonchev–Trinajstić information content (AvgIpc) is 3.09. The second-order valence-corrected chi connectivity index (χ2v) is 5.93. The summed E-state index contributed by atoms with van der Waals surface area (Å²) in [5, 5.41) is 17.6. The molecule has 3 aromatic rings. The van der Waals surface area contributed by atoms with E-state index in [4.69, 9.17) is 4.74 Å². The predicted molar refractivity (Wildman–Crippen MR) is 96.1 cm³/mol. The molecule has 1 heterocycles. The van der Waals surface area contributed by atoms with E-state index in [1.807, 2.05) is 37.3 Å². The summed E-state index contributed by atoms with van der Waals surface area (Å²) in [4.78, 5) is 23.2. The first-order valence-electron chi connectivity index (χ1n) is 8.19. The van der Waals surface area contributed by atoms with E-state index in [0.29, 0.717) is 11.8 Å². The fraction of sp³-hybridized carbons (Fsp3) is 0.211. The molecule has 0 aliphatic carbocycles. The summed E-state index contributed by atoms with van der Waals surface area (Å²) >= 11 is 0. The Morgan fingerprint density at radius 2 is 2.08 bits per heavy atom. The number of phenols is 1. The number of aromatic hydroxyl groups is 1. The Hall–Kier alpha value is -3.35. The van der Waals surface area contributed by atoms with Crippen LogP contribution in [0.2, 0.25) is 0 Å². The van der Waals surface area contributed by atoms with E-state index < -0.39 is 6.09 Å². The van der Waals surface area contributed by atoms with Crippen LogP contribution in [0, 0.1) is 0 Å².